The van der Waals surface area contributed by atoms with Gasteiger partial charge in [-0.2, -0.15) is 5.10 Å². The zero-order chi connectivity index (χ0) is 11.9. The Hall–Kier alpha value is -1.36. The molecule has 5 heteroatoms. The zero-order valence-electron chi connectivity index (χ0n) is 10.0. The molecule has 1 saturated heterocycles. The van der Waals surface area contributed by atoms with E-state index >= 15 is 0 Å². The van der Waals surface area contributed by atoms with E-state index in [1.807, 2.05) is 30.5 Å². The number of hydrogen-bond acceptors (Lipinski definition) is 3. The molecule has 2 heterocycles. The highest BCUT2D eigenvalue weighted by Crippen LogP contribution is 2.18. The predicted octanol–water partition coefficient (Wildman–Crippen LogP) is 0.0965. The highest BCUT2D eigenvalue weighted by Gasteiger charge is 2.29. The lowest BCUT2D eigenvalue weighted by molar-refractivity contribution is -0.129. The number of carbonyl (C=O) groups is 1. The van der Waals surface area contributed by atoms with E-state index in [-0.39, 0.29) is 11.9 Å². The Kier molecular flexibility index (Phi) is 2.71. The monoisotopic (exact) mass is 222 g/mol. The standard InChI is InChI=1S/C11H18N4O/c1-7-9(8(2)14(3)13-7)6-15-5-4-10(12)11(15)16/h10H,4-6,12H2,1-3H3. The zero-order valence-corrected chi connectivity index (χ0v) is 10.0. The van der Waals surface area contributed by atoms with Crippen molar-refractivity contribution in [1.82, 2.24) is 14.7 Å². The third-order valence-corrected chi connectivity index (χ3v) is 3.35. The number of aryl methyl sites for hydroxylation is 2. The van der Waals surface area contributed by atoms with Crippen molar-refractivity contribution in [2.24, 2.45) is 12.8 Å². The molecule has 1 aromatic rings. The number of amides is 1. The molecule has 5 nitrogen and oxygen atoms in total. The molecule has 1 aliphatic heterocycles. The van der Waals surface area contributed by atoms with Gasteiger partial charge >= 0.3 is 0 Å². The quantitative estimate of drug-likeness (QED) is 0.771. The number of hydrogen-bond donors (Lipinski definition) is 1. The summed E-state index contributed by atoms with van der Waals surface area (Å²) in [5, 5.41) is 4.34. The lowest BCUT2D eigenvalue weighted by Gasteiger charge is -2.16. The Morgan fingerprint density at radius 2 is 2.19 bits per heavy atom. The van der Waals surface area contributed by atoms with Crippen LogP contribution < -0.4 is 5.73 Å². The van der Waals surface area contributed by atoms with Crippen LogP contribution in [0.25, 0.3) is 0 Å². The fraction of sp³-hybridized carbons (Fsp3) is 0.636. The largest absolute Gasteiger partial charge is 0.337 e. The Labute approximate surface area is 95.2 Å². The lowest BCUT2D eigenvalue weighted by Crippen LogP contribution is -2.33. The van der Waals surface area contributed by atoms with E-state index < -0.39 is 0 Å². The van der Waals surface area contributed by atoms with E-state index in [9.17, 15) is 4.79 Å². The molecule has 0 bridgehead atoms. The first-order valence-corrected chi connectivity index (χ1v) is 5.54. The van der Waals surface area contributed by atoms with E-state index in [0.717, 1.165) is 29.9 Å². The summed E-state index contributed by atoms with van der Waals surface area (Å²) in [5.41, 5.74) is 8.95. The number of carbonyl (C=O) groups excluding carboxylic acids is 1. The third kappa shape index (κ3) is 1.71. The molecule has 0 spiro atoms. The molecule has 1 fully saturated rings. The molecule has 88 valence electrons. The molecule has 0 radical (unpaired) electrons. The molecular weight excluding hydrogens is 204 g/mol. The van der Waals surface area contributed by atoms with Gasteiger partial charge < -0.3 is 10.6 Å². The molecule has 1 aliphatic rings. The summed E-state index contributed by atoms with van der Waals surface area (Å²) < 4.78 is 1.85. The first-order valence-electron chi connectivity index (χ1n) is 5.54. The Bertz CT molecular complexity index is 424. The normalized spacial score (nSPS) is 20.9. The number of aromatic nitrogens is 2. The van der Waals surface area contributed by atoms with Crippen LogP contribution in [0.1, 0.15) is 23.4 Å². The van der Waals surface area contributed by atoms with Crippen LogP contribution in [-0.2, 0) is 18.4 Å². The van der Waals surface area contributed by atoms with Gasteiger partial charge in [-0.1, -0.05) is 0 Å². The summed E-state index contributed by atoms with van der Waals surface area (Å²) in [7, 11) is 1.92. The van der Waals surface area contributed by atoms with E-state index in [1.54, 1.807) is 0 Å². The highest BCUT2D eigenvalue weighted by molar-refractivity contribution is 5.83. The van der Waals surface area contributed by atoms with Gasteiger partial charge in [0, 0.05) is 31.4 Å². The van der Waals surface area contributed by atoms with Crippen molar-refractivity contribution in [1.29, 1.82) is 0 Å². The van der Waals surface area contributed by atoms with Gasteiger partial charge in [-0.3, -0.25) is 9.48 Å². The van der Waals surface area contributed by atoms with Gasteiger partial charge in [0.2, 0.25) is 5.91 Å². The van der Waals surface area contributed by atoms with Crippen molar-refractivity contribution in [3.63, 3.8) is 0 Å². The minimum absolute atomic E-state index is 0.0580. The summed E-state index contributed by atoms with van der Waals surface area (Å²) >= 11 is 0. The number of nitrogens with two attached hydrogens (primary N) is 1. The Morgan fingerprint density at radius 3 is 2.62 bits per heavy atom. The summed E-state index contributed by atoms with van der Waals surface area (Å²) in [6, 6.07) is -0.308. The van der Waals surface area contributed by atoms with Crippen molar-refractivity contribution in [2.75, 3.05) is 6.54 Å². The second kappa shape index (κ2) is 3.90. The molecule has 2 N–H and O–H groups in total. The minimum Gasteiger partial charge on any atom is -0.337 e. The van der Waals surface area contributed by atoms with Gasteiger partial charge in [0.15, 0.2) is 0 Å². The molecular formula is C11H18N4O. The van der Waals surface area contributed by atoms with Crippen molar-refractivity contribution < 1.29 is 4.79 Å². The average molecular weight is 222 g/mol. The van der Waals surface area contributed by atoms with Gasteiger partial charge in [-0.15, -0.1) is 0 Å². The molecule has 16 heavy (non-hydrogen) atoms. The summed E-state index contributed by atoms with van der Waals surface area (Å²) in [4.78, 5) is 13.5. The van der Waals surface area contributed by atoms with Crippen LogP contribution in [0, 0.1) is 13.8 Å². The molecule has 0 aliphatic carbocycles. The van der Waals surface area contributed by atoms with Crippen molar-refractivity contribution in [3.8, 4) is 0 Å². The van der Waals surface area contributed by atoms with Gasteiger partial charge in [-0.25, -0.2) is 0 Å². The van der Waals surface area contributed by atoms with Gasteiger partial charge in [-0.05, 0) is 20.3 Å². The molecule has 0 aromatic carbocycles. The third-order valence-electron chi connectivity index (χ3n) is 3.35. The van der Waals surface area contributed by atoms with Gasteiger partial charge in [0.05, 0.1) is 11.7 Å². The van der Waals surface area contributed by atoms with Crippen LogP contribution in [0.15, 0.2) is 0 Å². The maximum atomic E-state index is 11.7. The summed E-state index contributed by atoms with van der Waals surface area (Å²) in [6.45, 7) is 5.39. The maximum Gasteiger partial charge on any atom is 0.239 e. The molecule has 1 amide bonds. The van der Waals surface area contributed by atoms with Crippen molar-refractivity contribution in [2.45, 2.75) is 32.9 Å². The maximum absolute atomic E-state index is 11.7. The molecule has 0 saturated carbocycles. The van der Waals surface area contributed by atoms with Crippen LogP contribution in [0.3, 0.4) is 0 Å². The minimum atomic E-state index is -0.308. The van der Waals surface area contributed by atoms with Crippen LogP contribution in [0.4, 0.5) is 0 Å². The van der Waals surface area contributed by atoms with Crippen LogP contribution in [-0.4, -0.2) is 33.2 Å². The Balaban J connectivity index is 2.18. The fourth-order valence-electron chi connectivity index (χ4n) is 2.16. The predicted molar refractivity (Wildman–Crippen MR) is 60.7 cm³/mol. The van der Waals surface area contributed by atoms with Crippen LogP contribution in [0.5, 0.6) is 0 Å². The number of likely N-dealkylation sites (tertiary alicyclic amines) is 1. The van der Waals surface area contributed by atoms with Crippen molar-refractivity contribution >= 4 is 5.91 Å². The highest BCUT2D eigenvalue weighted by atomic mass is 16.2. The topological polar surface area (TPSA) is 64.2 Å². The second-order valence-corrected chi connectivity index (χ2v) is 4.43. The first kappa shape index (κ1) is 11.1. The van der Waals surface area contributed by atoms with Crippen LogP contribution in [0.2, 0.25) is 0 Å². The van der Waals surface area contributed by atoms with Gasteiger partial charge in [0.25, 0.3) is 0 Å². The Morgan fingerprint density at radius 1 is 1.50 bits per heavy atom. The van der Waals surface area contributed by atoms with E-state index in [4.69, 9.17) is 5.73 Å². The molecule has 1 atom stereocenters. The van der Waals surface area contributed by atoms with Crippen LogP contribution >= 0.6 is 0 Å². The summed E-state index contributed by atoms with van der Waals surface area (Å²) in [5.74, 6) is 0.0580. The molecule has 2 rings (SSSR count). The SMILES string of the molecule is Cc1nn(C)c(C)c1CN1CCC(N)C1=O. The lowest BCUT2D eigenvalue weighted by atomic mass is 10.2. The summed E-state index contributed by atoms with van der Waals surface area (Å²) in [6.07, 6.45) is 0.761. The molecule has 1 aromatic heterocycles. The molecule has 1 unspecified atom stereocenters. The van der Waals surface area contributed by atoms with E-state index in [0.29, 0.717) is 6.54 Å². The van der Waals surface area contributed by atoms with E-state index in [2.05, 4.69) is 5.10 Å². The van der Waals surface area contributed by atoms with Crippen molar-refractivity contribution in [3.05, 3.63) is 17.0 Å². The second-order valence-electron chi connectivity index (χ2n) is 4.43. The fourth-order valence-corrected chi connectivity index (χ4v) is 2.16. The first-order chi connectivity index (χ1) is 7.50. The smallest absolute Gasteiger partial charge is 0.239 e. The number of nitrogens with zero attached hydrogens (tertiary/aromatic N) is 3. The van der Waals surface area contributed by atoms with Gasteiger partial charge in [0.1, 0.15) is 0 Å². The number of rotatable bonds is 2. The van der Waals surface area contributed by atoms with E-state index in [1.165, 1.54) is 0 Å². The average Bonchev–Trinajstić information content (AvgIpc) is 2.66.